The van der Waals surface area contributed by atoms with Crippen LogP contribution in [0.5, 0.6) is 0 Å². The number of halogens is 3. The summed E-state index contributed by atoms with van der Waals surface area (Å²) in [5.41, 5.74) is 5.07. The van der Waals surface area contributed by atoms with Gasteiger partial charge >= 0.3 is 0 Å². The van der Waals surface area contributed by atoms with Gasteiger partial charge in [0.05, 0.1) is 11.3 Å². The smallest absolute Gasteiger partial charge is 0.266 e. The van der Waals surface area contributed by atoms with Gasteiger partial charge in [0.15, 0.2) is 6.29 Å². The van der Waals surface area contributed by atoms with Crippen LogP contribution in [-0.4, -0.2) is 11.3 Å². The van der Waals surface area contributed by atoms with Crippen LogP contribution in [0.25, 0.3) is 0 Å². The SMILES string of the molecule is NCc1nc(Cl)c(C(F)F)cc1C=O. The number of alkyl halides is 2. The molecule has 0 atom stereocenters. The zero-order valence-corrected chi connectivity index (χ0v) is 7.76. The lowest BCUT2D eigenvalue weighted by Crippen LogP contribution is -2.06. The summed E-state index contributed by atoms with van der Waals surface area (Å²) in [6.45, 7) is -0.0166. The summed E-state index contributed by atoms with van der Waals surface area (Å²) in [6, 6.07) is 1.01. The maximum atomic E-state index is 12.3. The summed E-state index contributed by atoms with van der Waals surface area (Å²) in [5.74, 6) is 0. The molecular formula is C8H7ClF2N2O. The summed E-state index contributed by atoms with van der Waals surface area (Å²) in [7, 11) is 0. The average Bonchev–Trinajstić information content (AvgIpc) is 2.16. The number of hydrogen-bond donors (Lipinski definition) is 1. The van der Waals surface area contributed by atoms with Crippen LogP contribution in [0.4, 0.5) is 8.78 Å². The van der Waals surface area contributed by atoms with Gasteiger partial charge in [-0.2, -0.15) is 0 Å². The number of rotatable bonds is 3. The lowest BCUT2D eigenvalue weighted by molar-refractivity contribution is 0.112. The molecule has 76 valence electrons. The van der Waals surface area contributed by atoms with E-state index in [1.807, 2.05) is 0 Å². The minimum Gasteiger partial charge on any atom is -0.325 e. The van der Waals surface area contributed by atoms with Gasteiger partial charge in [-0.15, -0.1) is 0 Å². The third-order valence-electron chi connectivity index (χ3n) is 1.67. The zero-order chi connectivity index (χ0) is 10.7. The van der Waals surface area contributed by atoms with Gasteiger partial charge < -0.3 is 5.73 Å². The predicted octanol–water partition coefficient (Wildman–Crippen LogP) is 1.94. The van der Waals surface area contributed by atoms with Crippen molar-refractivity contribution in [1.82, 2.24) is 4.98 Å². The van der Waals surface area contributed by atoms with Crippen LogP contribution in [-0.2, 0) is 6.54 Å². The molecule has 3 nitrogen and oxygen atoms in total. The molecule has 0 saturated carbocycles. The highest BCUT2D eigenvalue weighted by Crippen LogP contribution is 2.26. The molecule has 1 rings (SSSR count). The maximum Gasteiger partial charge on any atom is 0.266 e. The van der Waals surface area contributed by atoms with Gasteiger partial charge in [-0.1, -0.05) is 11.6 Å². The summed E-state index contributed by atoms with van der Waals surface area (Å²) in [4.78, 5) is 14.1. The number of pyridine rings is 1. The summed E-state index contributed by atoms with van der Waals surface area (Å²) < 4.78 is 24.6. The maximum absolute atomic E-state index is 12.3. The zero-order valence-electron chi connectivity index (χ0n) is 7.01. The normalized spacial score (nSPS) is 10.6. The van der Waals surface area contributed by atoms with Gasteiger partial charge in [0, 0.05) is 12.1 Å². The Bertz CT molecular complexity index is 357. The van der Waals surface area contributed by atoms with Gasteiger partial charge in [0.25, 0.3) is 6.43 Å². The number of carbonyl (C=O) groups is 1. The molecule has 0 aliphatic carbocycles. The van der Waals surface area contributed by atoms with Crippen LogP contribution in [0.1, 0.15) is 28.0 Å². The van der Waals surface area contributed by atoms with Crippen molar-refractivity contribution in [2.45, 2.75) is 13.0 Å². The van der Waals surface area contributed by atoms with Crippen LogP contribution >= 0.6 is 11.6 Å². The monoisotopic (exact) mass is 220 g/mol. The molecule has 1 heterocycles. The fourth-order valence-corrected chi connectivity index (χ4v) is 1.22. The Morgan fingerprint density at radius 2 is 2.29 bits per heavy atom. The second-order valence-electron chi connectivity index (χ2n) is 2.53. The molecule has 0 amide bonds. The molecule has 0 aliphatic heterocycles. The quantitative estimate of drug-likeness (QED) is 0.626. The fourth-order valence-electron chi connectivity index (χ4n) is 0.977. The Kier molecular flexibility index (Phi) is 3.49. The van der Waals surface area contributed by atoms with E-state index in [4.69, 9.17) is 17.3 Å². The largest absolute Gasteiger partial charge is 0.325 e. The first-order valence-electron chi connectivity index (χ1n) is 3.72. The first-order chi connectivity index (χ1) is 6.60. The average molecular weight is 221 g/mol. The standard InChI is InChI=1S/C8H7ClF2N2O/c9-7-5(8(10)11)1-4(3-14)6(2-12)13-7/h1,3,8H,2,12H2. The van der Waals surface area contributed by atoms with Gasteiger partial charge in [-0.25, -0.2) is 13.8 Å². The second kappa shape index (κ2) is 4.43. The van der Waals surface area contributed by atoms with E-state index in [-0.39, 0.29) is 23.0 Å². The highest BCUT2D eigenvalue weighted by atomic mass is 35.5. The van der Waals surface area contributed by atoms with E-state index in [2.05, 4.69) is 4.98 Å². The Labute approximate surface area is 83.9 Å². The summed E-state index contributed by atoms with van der Waals surface area (Å²) >= 11 is 5.47. The van der Waals surface area contributed by atoms with Crippen molar-refractivity contribution in [1.29, 1.82) is 0 Å². The molecule has 0 saturated heterocycles. The first-order valence-corrected chi connectivity index (χ1v) is 4.10. The van der Waals surface area contributed by atoms with E-state index in [1.54, 1.807) is 0 Å². The molecule has 2 N–H and O–H groups in total. The Morgan fingerprint density at radius 3 is 2.71 bits per heavy atom. The molecule has 0 aliphatic rings. The van der Waals surface area contributed by atoms with Gasteiger partial charge in [0.1, 0.15) is 5.15 Å². The molecule has 0 unspecified atom stereocenters. The van der Waals surface area contributed by atoms with E-state index < -0.39 is 12.0 Å². The predicted molar refractivity (Wildman–Crippen MR) is 47.5 cm³/mol. The van der Waals surface area contributed by atoms with Crippen molar-refractivity contribution in [3.05, 3.63) is 28.0 Å². The molecule has 0 radical (unpaired) electrons. The van der Waals surface area contributed by atoms with Crippen molar-refractivity contribution in [3.8, 4) is 0 Å². The molecule has 1 aromatic rings. The molecule has 0 fully saturated rings. The molecule has 0 bridgehead atoms. The minimum absolute atomic E-state index is 0.0166. The van der Waals surface area contributed by atoms with Crippen molar-refractivity contribution >= 4 is 17.9 Å². The third-order valence-corrected chi connectivity index (χ3v) is 1.97. The Morgan fingerprint density at radius 1 is 1.64 bits per heavy atom. The fraction of sp³-hybridized carbons (Fsp3) is 0.250. The Balaban J connectivity index is 3.30. The number of carbonyl (C=O) groups excluding carboxylic acids is 1. The molecule has 14 heavy (non-hydrogen) atoms. The van der Waals surface area contributed by atoms with Crippen LogP contribution < -0.4 is 5.73 Å². The van der Waals surface area contributed by atoms with E-state index in [1.165, 1.54) is 0 Å². The number of aromatic nitrogens is 1. The van der Waals surface area contributed by atoms with E-state index >= 15 is 0 Å². The third kappa shape index (κ3) is 2.05. The molecule has 1 aromatic heterocycles. The molecule has 6 heteroatoms. The van der Waals surface area contributed by atoms with E-state index in [9.17, 15) is 13.6 Å². The van der Waals surface area contributed by atoms with Crippen LogP contribution in [0.15, 0.2) is 6.07 Å². The summed E-state index contributed by atoms with van der Waals surface area (Å²) in [6.07, 6.45) is -2.32. The van der Waals surface area contributed by atoms with Crippen molar-refractivity contribution in [3.63, 3.8) is 0 Å². The summed E-state index contributed by atoms with van der Waals surface area (Å²) in [5, 5.41) is -0.314. The highest BCUT2D eigenvalue weighted by molar-refractivity contribution is 6.30. The second-order valence-corrected chi connectivity index (χ2v) is 2.89. The lowest BCUT2D eigenvalue weighted by atomic mass is 10.1. The van der Waals surface area contributed by atoms with Crippen molar-refractivity contribution in [2.75, 3.05) is 0 Å². The topological polar surface area (TPSA) is 56.0 Å². The van der Waals surface area contributed by atoms with Gasteiger partial charge in [-0.05, 0) is 6.07 Å². The number of nitrogens with zero attached hydrogens (tertiary/aromatic N) is 1. The van der Waals surface area contributed by atoms with E-state index in [0.717, 1.165) is 6.07 Å². The molecule has 0 spiro atoms. The van der Waals surface area contributed by atoms with Crippen LogP contribution in [0.3, 0.4) is 0 Å². The van der Waals surface area contributed by atoms with Gasteiger partial charge in [0.2, 0.25) is 0 Å². The number of aldehydes is 1. The first kappa shape index (κ1) is 11.0. The van der Waals surface area contributed by atoms with Crippen LogP contribution in [0, 0.1) is 0 Å². The lowest BCUT2D eigenvalue weighted by Gasteiger charge is -2.06. The van der Waals surface area contributed by atoms with Crippen molar-refractivity contribution < 1.29 is 13.6 Å². The number of hydrogen-bond acceptors (Lipinski definition) is 3. The molecular weight excluding hydrogens is 214 g/mol. The van der Waals surface area contributed by atoms with Crippen LogP contribution in [0.2, 0.25) is 5.15 Å². The highest BCUT2D eigenvalue weighted by Gasteiger charge is 2.16. The Hall–Kier alpha value is -1.07. The van der Waals surface area contributed by atoms with Crippen molar-refractivity contribution in [2.24, 2.45) is 5.73 Å². The number of nitrogens with two attached hydrogens (primary N) is 1. The van der Waals surface area contributed by atoms with E-state index in [0.29, 0.717) is 6.29 Å². The van der Waals surface area contributed by atoms with Gasteiger partial charge in [-0.3, -0.25) is 4.79 Å². The molecule has 0 aromatic carbocycles. The minimum atomic E-state index is -2.75.